The molecule has 0 bridgehead atoms. The Balaban J connectivity index is 1.78. The molecule has 0 radical (unpaired) electrons. The maximum atomic E-state index is 10.1. The lowest BCUT2D eigenvalue weighted by Gasteiger charge is -2.32. The molecule has 3 N–H and O–H groups in total. The topological polar surface area (TPSA) is 49.5 Å². The van der Waals surface area contributed by atoms with Gasteiger partial charge in [0.25, 0.3) is 0 Å². The van der Waals surface area contributed by atoms with E-state index in [4.69, 9.17) is 5.73 Å². The van der Waals surface area contributed by atoms with Crippen LogP contribution < -0.4 is 5.73 Å². The van der Waals surface area contributed by atoms with E-state index >= 15 is 0 Å². The Morgan fingerprint density at radius 1 is 1.47 bits per heavy atom. The van der Waals surface area contributed by atoms with E-state index in [0.717, 1.165) is 25.9 Å². The molecule has 106 valence electrons. The van der Waals surface area contributed by atoms with Gasteiger partial charge in [0, 0.05) is 29.9 Å². The zero-order valence-electron chi connectivity index (χ0n) is 11.5. The van der Waals surface area contributed by atoms with Crippen molar-refractivity contribution in [2.75, 3.05) is 13.1 Å². The maximum Gasteiger partial charge on any atom is 0.0593 e. The quantitative estimate of drug-likeness (QED) is 0.889. The second-order valence-corrected chi connectivity index (χ2v) is 7.03. The summed E-state index contributed by atoms with van der Waals surface area (Å²) >= 11 is 1.81. The molecule has 0 spiro atoms. The normalized spacial score (nSPS) is 34.4. The molecule has 2 fully saturated rings. The Kier molecular flexibility index (Phi) is 3.94. The van der Waals surface area contributed by atoms with E-state index in [2.05, 4.69) is 29.3 Å². The number of thiophene rings is 1. The zero-order chi connectivity index (χ0) is 13.4. The van der Waals surface area contributed by atoms with Crippen LogP contribution in [0.4, 0.5) is 0 Å². The van der Waals surface area contributed by atoms with Crippen LogP contribution in [0.3, 0.4) is 0 Å². The van der Waals surface area contributed by atoms with Gasteiger partial charge in [-0.2, -0.15) is 0 Å². The first kappa shape index (κ1) is 13.6. The second kappa shape index (κ2) is 5.52. The van der Waals surface area contributed by atoms with Crippen molar-refractivity contribution in [2.45, 2.75) is 44.4 Å². The molecule has 1 saturated carbocycles. The SMILES string of the molecule is CCC(N)C(c1cccs1)N1CC2CCC(O)C2C1. The molecule has 1 saturated heterocycles. The lowest BCUT2D eigenvalue weighted by atomic mass is 9.99. The fourth-order valence-corrected chi connectivity index (χ4v) is 4.78. The van der Waals surface area contributed by atoms with Crippen LogP contribution in [0, 0.1) is 11.8 Å². The van der Waals surface area contributed by atoms with Crippen LogP contribution in [0.25, 0.3) is 0 Å². The van der Waals surface area contributed by atoms with E-state index in [1.54, 1.807) is 11.3 Å². The van der Waals surface area contributed by atoms with Gasteiger partial charge in [0.2, 0.25) is 0 Å². The van der Waals surface area contributed by atoms with Gasteiger partial charge in [0.05, 0.1) is 12.1 Å². The molecule has 5 unspecified atom stereocenters. The number of fused-ring (bicyclic) bond motifs is 1. The molecule has 5 atom stereocenters. The number of hydrogen-bond acceptors (Lipinski definition) is 4. The Morgan fingerprint density at radius 2 is 2.32 bits per heavy atom. The predicted molar refractivity (Wildman–Crippen MR) is 79.1 cm³/mol. The number of aliphatic hydroxyl groups is 1. The van der Waals surface area contributed by atoms with Gasteiger partial charge in [-0.05, 0) is 36.6 Å². The number of rotatable bonds is 4. The van der Waals surface area contributed by atoms with E-state index in [-0.39, 0.29) is 12.1 Å². The maximum absolute atomic E-state index is 10.1. The van der Waals surface area contributed by atoms with Crippen molar-refractivity contribution >= 4 is 11.3 Å². The Labute approximate surface area is 119 Å². The zero-order valence-corrected chi connectivity index (χ0v) is 12.4. The van der Waals surface area contributed by atoms with Crippen molar-refractivity contribution in [3.05, 3.63) is 22.4 Å². The average Bonchev–Trinajstić information content (AvgIpc) is 3.10. The standard InChI is InChI=1S/C15H24N2OS/c1-2-12(16)15(14-4-3-7-19-14)17-8-10-5-6-13(18)11(10)9-17/h3-4,7,10-13,15,18H,2,5-6,8-9,16H2,1H3. The van der Waals surface area contributed by atoms with Crippen LogP contribution in [-0.4, -0.2) is 35.2 Å². The summed E-state index contributed by atoms with van der Waals surface area (Å²) in [5, 5.41) is 12.2. The molecule has 3 rings (SSSR count). The minimum absolute atomic E-state index is 0.0863. The third-order valence-corrected chi connectivity index (χ3v) is 5.90. The lowest BCUT2D eigenvalue weighted by Crippen LogP contribution is -2.40. The van der Waals surface area contributed by atoms with Crippen LogP contribution in [-0.2, 0) is 0 Å². The summed E-state index contributed by atoms with van der Waals surface area (Å²) < 4.78 is 0. The molecular formula is C15H24N2OS. The molecule has 1 aromatic rings. The van der Waals surface area contributed by atoms with Gasteiger partial charge in [0.1, 0.15) is 0 Å². The van der Waals surface area contributed by atoms with Gasteiger partial charge < -0.3 is 10.8 Å². The van der Waals surface area contributed by atoms with Crippen molar-refractivity contribution in [2.24, 2.45) is 17.6 Å². The molecule has 1 aromatic heterocycles. The smallest absolute Gasteiger partial charge is 0.0593 e. The summed E-state index contributed by atoms with van der Waals surface area (Å²) in [7, 11) is 0. The van der Waals surface area contributed by atoms with Crippen molar-refractivity contribution in [1.29, 1.82) is 0 Å². The number of likely N-dealkylation sites (tertiary alicyclic amines) is 1. The summed E-state index contributed by atoms with van der Waals surface area (Å²) in [6, 6.07) is 4.84. The van der Waals surface area contributed by atoms with Gasteiger partial charge in [-0.3, -0.25) is 4.90 Å². The fourth-order valence-electron chi connectivity index (χ4n) is 3.84. The largest absolute Gasteiger partial charge is 0.393 e. The average molecular weight is 280 g/mol. The first-order valence-corrected chi connectivity index (χ1v) is 8.29. The van der Waals surface area contributed by atoms with Gasteiger partial charge >= 0.3 is 0 Å². The third-order valence-electron chi connectivity index (χ3n) is 4.95. The molecule has 0 aromatic carbocycles. The molecular weight excluding hydrogens is 256 g/mol. The van der Waals surface area contributed by atoms with Crippen LogP contribution >= 0.6 is 11.3 Å². The van der Waals surface area contributed by atoms with Crippen molar-refractivity contribution < 1.29 is 5.11 Å². The highest BCUT2D eigenvalue weighted by Crippen LogP contribution is 2.42. The molecule has 1 aliphatic heterocycles. The van der Waals surface area contributed by atoms with Crippen LogP contribution in [0.5, 0.6) is 0 Å². The summed E-state index contributed by atoms with van der Waals surface area (Å²) in [6.07, 6.45) is 3.08. The predicted octanol–water partition coefficient (Wildman–Crippen LogP) is 2.23. The Bertz CT molecular complexity index is 408. The van der Waals surface area contributed by atoms with E-state index in [1.165, 1.54) is 11.3 Å². The summed E-state index contributed by atoms with van der Waals surface area (Å²) in [5.74, 6) is 1.16. The van der Waals surface area contributed by atoms with Crippen molar-refractivity contribution in [3.63, 3.8) is 0 Å². The second-order valence-electron chi connectivity index (χ2n) is 6.05. The van der Waals surface area contributed by atoms with E-state index in [9.17, 15) is 5.11 Å². The van der Waals surface area contributed by atoms with Crippen LogP contribution in [0.1, 0.15) is 37.1 Å². The first-order valence-electron chi connectivity index (χ1n) is 7.41. The first-order chi connectivity index (χ1) is 9.20. The molecule has 2 heterocycles. The summed E-state index contributed by atoms with van der Waals surface area (Å²) in [4.78, 5) is 3.90. The lowest BCUT2D eigenvalue weighted by molar-refractivity contribution is 0.114. The van der Waals surface area contributed by atoms with E-state index in [1.807, 2.05) is 0 Å². The van der Waals surface area contributed by atoms with Crippen molar-refractivity contribution in [1.82, 2.24) is 4.90 Å². The molecule has 1 aliphatic carbocycles. The van der Waals surface area contributed by atoms with Gasteiger partial charge in [-0.15, -0.1) is 11.3 Å². The summed E-state index contributed by atoms with van der Waals surface area (Å²) in [6.45, 7) is 4.29. The molecule has 0 amide bonds. The highest BCUT2D eigenvalue weighted by atomic mass is 32.1. The van der Waals surface area contributed by atoms with Gasteiger partial charge in [-0.25, -0.2) is 0 Å². The molecule has 2 aliphatic rings. The minimum Gasteiger partial charge on any atom is -0.393 e. The van der Waals surface area contributed by atoms with E-state index < -0.39 is 0 Å². The summed E-state index contributed by atoms with van der Waals surface area (Å²) in [5.41, 5.74) is 6.38. The van der Waals surface area contributed by atoms with E-state index in [0.29, 0.717) is 17.9 Å². The highest BCUT2D eigenvalue weighted by molar-refractivity contribution is 7.10. The van der Waals surface area contributed by atoms with Crippen molar-refractivity contribution in [3.8, 4) is 0 Å². The van der Waals surface area contributed by atoms with Crippen LogP contribution in [0.2, 0.25) is 0 Å². The monoisotopic (exact) mass is 280 g/mol. The van der Waals surface area contributed by atoms with Crippen LogP contribution in [0.15, 0.2) is 17.5 Å². The highest BCUT2D eigenvalue weighted by Gasteiger charge is 2.44. The van der Waals surface area contributed by atoms with Gasteiger partial charge in [-0.1, -0.05) is 13.0 Å². The molecule has 19 heavy (non-hydrogen) atoms. The number of nitrogens with two attached hydrogens (primary N) is 1. The molecule has 4 heteroatoms. The number of nitrogens with zero attached hydrogens (tertiary/aromatic N) is 1. The number of hydrogen-bond donors (Lipinski definition) is 2. The Morgan fingerprint density at radius 3 is 2.95 bits per heavy atom. The Hall–Kier alpha value is -0.420. The number of aliphatic hydroxyl groups excluding tert-OH is 1. The minimum atomic E-state index is -0.0863. The fraction of sp³-hybridized carbons (Fsp3) is 0.733. The van der Waals surface area contributed by atoms with Gasteiger partial charge in [0.15, 0.2) is 0 Å². The third kappa shape index (κ3) is 2.47. The molecule has 3 nitrogen and oxygen atoms in total.